The number of ether oxygens (including phenoxy) is 1. The highest BCUT2D eigenvalue weighted by molar-refractivity contribution is 7.18. The summed E-state index contributed by atoms with van der Waals surface area (Å²) in [5.74, 6) is -0.393. The Kier molecular flexibility index (Phi) is 4.61. The van der Waals surface area contributed by atoms with Crippen LogP contribution in [0.2, 0.25) is 0 Å². The molecule has 0 saturated carbocycles. The molecule has 0 bridgehead atoms. The van der Waals surface area contributed by atoms with E-state index in [0.29, 0.717) is 33.8 Å². The van der Waals surface area contributed by atoms with E-state index in [9.17, 15) is 18.0 Å². The molecule has 2 heterocycles. The van der Waals surface area contributed by atoms with Gasteiger partial charge in [0, 0.05) is 19.5 Å². The van der Waals surface area contributed by atoms with Crippen LogP contribution in [0.3, 0.4) is 0 Å². The molecule has 0 unspecified atom stereocenters. The van der Waals surface area contributed by atoms with Gasteiger partial charge >= 0.3 is 12.1 Å². The number of aromatic nitrogens is 1. The van der Waals surface area contributed by atoms with Crippen molar-refractivity contribution in [2.24, 2.45) is 0 Å². The molecule has 4 nitrogen and oxygen atoms in total. The van der Waals surface area contributed by atoms with Crippen molar-refractivity contribution in [2.75, 3.05) is 6.61 Å². The first-order valence-corrected chi connectivity index (χ1v) is 9.19. The molecule has 0 atom stereocenters. The van der Waals surface area contributed by atoms with Crippen molar-refractivity contribution in [3.05, 3.63) is 63.7 Å². The van der Waals surface area contributed by atoms with Crippen LogP contribution in [0.1, 0.15) is 32.1 Å². The fourth-order valence-electron chi connectivity index (χ4n) is 3.09. The van der Waals surface area contributed by atoms with Gasteiger partial charge in [0.25, 0.3) is 0 Å². The van der Waals surface area contributed by atoms with Crippen LogP contribution in [0.5, 0.6) is 0 Å². The fraction of sp³-hybridized carbons (Fsp3) is 0.263. The van der Waals surface area contributed by atoms with E-state index in [1.165, 1.54) is 17.4 Å². The Morgan fingerprint density at radius 3 is 2.89 bits per heavy atom. The van der Waals surface area contributed by atoms with Crippen molar-refractivity contribution in [2.45, 2.75) is 25.7 Å². The van der Waals surface area contributed by atoms with E-state index < -0.39 is 17.7 Å². The number of carbonyl (C=O) groups excluding carboxylic acids is 1. The highest BCUT2D eigenvalue weighted by Gasteiger charge is 2.30. The lowest BCUT2D eigenvalue weighted by Gasteiger charge is -2.07. The monoisotopic (exact) mass is 392 g/mol. The molecule has 1 aliphatic rings. The van der Waals surface area contributed by atoms with Crippen molar-refractivity contribution in [1.29, 1.82) is 0 Å². The molecule has 0 amide bonds. The zero-order chi connectivity index (χ0) is 19.0. The van der Waals surface area contributed by atoms with E-state index in [2.05, 4.69) is 10.3 Å². The highest BCUT2D eigenvalue weighted by atomic mass is 32.1. The molecule has 0 spiro atoms. The Bertz CT molecular complexity index is 1010. The predicted molar refractivity (Wildman–Crippen MR) is 95.6 cm³/mol. The standard InChI is InChI=1S/C19H15F3N2O2S/c20-19(21,22)12-4-5-16-15(8-12)24-17(27-16)6-7-26-18(25)13-3-1-2-11-9-23-10-14(11)13/h1-5,8,23H,6-7,9-10H2. The lowest BCUT2D eigenvalue weighted by molar-refractivity contribution is -0.137. The summed E-state index contributed by atoms with van der Waals surface area (Å²) in [7, 11) is 0. The number of hydrogen-bond donors (Lipinski definition) is 1. The van der Waals surface area contributed by atoms with Gasteiger partial charge in [-0.2, -0.15) is 13.2 Å². The van der Waals surface area contributed by atoms with Crippen molar-refractivity contribution in [3.63, 3.8) is 0 Å². The topological polar surface area (TPSA) is 51.2 Å². The number of alkyl halides is 3. The summed E-state index contributed by atoms with van der Waals surface area (Å²) in [5.41, 5.74) is 2.20. The second-order valence-electron chi connectivity index (χ2n) is 6.22. The van der Waals surface area contributed by atoms with Gasteiger partial charge in [0.05, 0.1) is 33.0 Å². The van der Waals surface area contributed by atoms with E-state index in [0.717, 1.165) is 29.8 Å². The first-order chi connectivity index (χ1) is 12.9. The lowest BCUT2D eigenvalue weighted by atomic mass is 10.0. The van der Waals surface area contributed by atoms with Gasteiger partial charge < -0.3 is 10.1 Å². The van der Waals surface area contributed by atoms with Crippen LogP contribution in [-0.2, 0) is 30.4 Å². The molecule has 140 valence electrons. The molecule has 2 aromatic carbocycles. The third-order valence-corrected chi connectivity index (χ3v) is 5.51. The van der Waals surface area contributed by atoms with Crippen molar-refractivity contribution >= 4 is 27.5 Å². The van der Waals surface area contributed by atoms with Crippen molar-refractivity contribution in [1.82, 2.24) is 10.3 Å². The van der Waals surface area contributed by atoms with Crippen LogP contribution in [0.4, 0.5) is 13.2 Å². The second kappa shape index (κ2) is 6.94. The maximum absolute atomic E-state index is 12.8. The molecule has 1 N–H and O–H groups in total. The van der Waals surface area contributed by atoms with Gasteiger partial charge in [-0.1, -0.05) is 12.1 Å². The average molecular weight is 392 g/mol. The normalized spacial score (nSPS) is 13.7. The summed E-state index contributed by atoms with van der Waals surface area (Å²) < 4.78 is 44.4. The molecular formula is C19H15F3N2O2S. The fourth-order valence-corrected chi connectivity index (χ4v) is 4.02. The minimum Gasteiger partial charge on any atom is -0.462 e. The number of esters is 1. The van der Waals surface area contributed by atoms with Gasteiger partial charge in [0.15, 0.2) is 0 Å². The molecule has 1 aromatic heterocycles. The molecule has 4 rings (SSSR count). The number of nitrogens with zero attached hydrogens (tertiary/aromatic N) is 1. The Balaban J connectivity index is 1.42. The average Bonchev–Trinajstić information content (AvgIpc) is 3.26. The highest BCUT2D eigenvalue weighted by Crippen LogP contribution is 2.33. The molecule has 0 fully saturated rings. The molecule has 1 aliphatic heterocycles. The third-order valence-electron chi connectivity index (χ3n) is 4.42. The Labute approximate surface area is 157 Å². The molecule has 0 aliphatic carbocycles. The number of carbonyl (C=O) groups is 1. The number of fused-ring (bicyclic) bond motifs is 2. The first-order valence-electron chi connectivity index (χ1n) is 8.37. The van der Waals surface area contributed by atoms with Gasteiger partial charge in [0.2, 0.25) is 0 Å². The van der Waals surface area contributed by atoms with E-state index in [1.54, 1.807) is 6.07 Å². The predicted octanol–water partition coefficient (Wildman–Crippen LogP) is 4.32. The second-order valence-corrected chi connectivity index (χ2v) is 7.34. The maximum Gasteiger partial charge on any atom is 0.416 e. The quantitative estimate of drug-likeness (QED) is 0.672. The van der Waals surface area contributed by atoms with Crippen molar-refractivity contribution in [3.8, 4) is 0 Å². The number of hydrogen-bond acceptors (Lipinski definition) is 5. The summed E-state index contributed by atoms with van der Waals surface area (Å²) in [5, 5.41) is 3.83. The summed E-state index contributed by atoms with van der Waals surface area (Å²) in [6.45, 7) is 1.50. The van der Waals surface area contributed by atoms with Crippen LogP contribution < -0.4 is 5.32 Å². The zero-order valence-corrected chi connectivity index (χ0v) is 14.9. The number of benzene rings is 2. The summed E-state index contributed by atoms with van der Waals surface area (Å²) in [6.07, 6.45) is -4.03. The van der Waals surface area contributed by atoms with Crippen LogP contribution in [0, 0.1) is 0 Å². The van der Waals surface area contributed by atoms with Crippen LogP contribution in [-0.4, -0.2) is 17.6 Å². The minimum absolute atomic E-state index is 0.127. The maximum atomic E-state index is 12.8. The van der Waals surface area contributed by atoms with Crippen LogP contribution in [0.15, 0.2) is 36.4 Å². The SMILES string of the molecule is O=C(OCCc1nc2cc(C(F)(F)F)ccc2s1)c1cccc2c1CNC2. The minimum atomic E-state index is -4.39. The molecule has 3 aromatic rings. The van der Waals surface area contributed by atoms with Gasteiger partial charge in [-0.25, -0.2) is 9.78 Å². The molecule has 27 heavy (non-hydrogen) atoms. The lowest BCUT2D eigenvalue weighted by Crippen LogP contribution is -2.11. The van der Waals surface area contributed by atoms with Crippen LogP contribution in [0.25, 0.3) is 10.2 Å². The van der Waals surface area contributed by atoms with Gasteiger partial charge in [-0.15, -0.1) is 11.3 Å². The largest absolute Gasteiger partial charge is 0.462 e. The molecule has 8 heteroatoms. The number of nitrogens with one attached hydrogen (secondary N) is 1. The zero-order valence-electron chi connectivity index (χ0n) is 14.1. The van der Waals surface area contributed by atoms with E-state index in [4.69, 9.17) is 4.74 Å². The number of rotatable bonds is 4. The first kappa shape index (κ1) is 17.9. The van der Waals surface area contributed by atoms with E-state index >= 15 is 0 Å². The summed E-state index contributed by atoms with van der Waals surface area (Å²) in [6, 6.07) is 9.06. The Morgan fingerprint density at radius 2 is 2.07 bits per heavy atom. The third kappa shape index (κ3) is 3.68. The van der Waals surface area contributed by atoms with E-state index in [-0.39, 0.29) is 6.61 Å². The molecule has 0 radical (unpaired) electrons. The van der Waals surface area contributed by atoms with Gasteiger partial charge in [-0.05, 0) is 35.4 Å². The smallest absolute Gasteiger partial charge is 0.416 e. The number of halogens is 3. The number of thiazole rings is 1. The summed E-state index contributed by atoms with van der Waals surface area (Å²) >= 11 is 1.30. The summed E-state index contributed by atoms with van der Waals surface area (Å²) in [4.78, 5) is 16.6. The van der Waals surface area contributed by atoms with Gasteiger partial charge in [0.1, 0.15) is 0 Å². The van der Waals surface area contributed by atoms with Gasteiger partial charge in [-0.3, -0.25) is 0 Å². The van der Waals surface area contributed by atoms with E-state index in [1.807, 2.05) is 12.1 Å². The molecular weight excluding hydrogens is 377 g/mol. The van der Waals surface area contributed by atoms with Crippen LogP contribution >= 0.6 is 11.3 Å². The Hall–Kier alpha value is -2.45. The molecule has 0 saturated heterocycles. The Morgan fingerprint density at radius 1 is 1.22 bits per heavy atom. The van der Waals surface area contributed by atoms with Crippen molar-refractivity contribution < 1.29 is 22.7 Å².